The molecule has 0 atom stereocenters. The second kappa shape index (κ2) is 7.03. The highest BCUT2D eigenvalue weighted by molar-refractivity contribution is 5.90. The van der Waals surface area contributed by atoms with Crippen LogP contribution < -0.4 is 4.90 Å². The lowest BCUT2D eigenvalue weighted by molar-refractivity contribution is 0.312. The molecule has 1 aliphatic heterocycles. The van der Waals surface area contributed by atoms with Crippen LogP contribution in [-0.4, -0.2) is 48.1 Å². The summed E-state index contributed by atoms with van der Waals surface area (Å²) in [6.45, 7) is 4.12. The molecule has 126 valence electrons. The van der Waals surface area contributed by atoms with E-state index in [9.17, 15) is 0 Å². The molecule has 1 fully saturated rings. The number of rotatable bonds is 3. The van der Waals surface area contributed by atoms with Gasteiger partial charge in [-0.05, 0) is 30.8 Å². The summed E-state index contributed by atoms with van der Waals surface area (Å²) in [6.07, 6.45) is 4.07. The molecule has 1 aromatic heterocycles. The summed E-state index contributed by atoms with van der Waals surface area (Å²) in [6, 6.07) is 18.5. The Balaban J connectivity index is 1.72. The van der Waals surface area contributed by atoms with E-state index in [0.717, 1.165) is 54.3 Å². The third-order valence-corrected chi connectivity index (χ3v) is 4.63. The number of hydrogen-bond donors (Lipinski definition) is 0. The largest absolute Gasteiger partial charge is 0.353 e. The van der Waals surface area contributed by atoms with Crippen molar-refractivity contribution in [3.8, 4) is 0 Å². The lowest BCUT2D eigenvalue weighted by Gasteiger charge is -2.33. The Morgan fingerprint density at radius 2 is 1.52 bits per heavy atom. The highest BCUT2D eigenvalue weighted by Crippen LogP contribution is 2.25. The standard InChI is InChI=1S/C21H22N4/c1-24-13-15-25(16-14-24)21-18-9-5-6-10-19(18)22-20(23-21)12-11-17-7-3-2-4-8-17/h2-12H,13-16H2,1H3/b12-11-. The molecule has 2 heterocycles. The topological polar surface area (TPSA) is 32.3 Å². The smallest absolute Gasteiger partial charge is 0.154 e. The van der Waals surface area contributed by atoms with Crippen LogP contribution in [0, 0.1) is 0 Å². The number of para-hydroxylation sites is 1. The second-order valence-electron chi connectivity index (χ2n) is 6.46. The van der Waals surface area contributed by atoms with Crippen LogP contribution >= 0.6 is 0 Å². The maximum atomic E-state index is 4.87. The van der Waals surface area contributed by atoms with Crippen LogP contribution in [0.3, 0.4) is 0 Å². The Labute approximate surface area is 148 Å². The molecule has 2 aromatic carbocycles. The fourth-order valence-corrected chi connectivity index (χ4v) is 3.15. The summed E-state index contributed by atoms with van der Waals surface area (Å²) in [7, 11) is 2.17. The van der Waals surface area contributed by atoms with Gasteiger partial charge in [-0.25, -0.2) is 9.97 Å². The van der Waals surface area contributed by atoms with Crippen molar-refractivity contribution in [1.29, 1.82) is 0 Å². The van der Waals surface area contributed by atoms with Crippen molar-refractivity contribution < 1.29 is 0 Å². The van der Waals surface area contributed by atoms with Crippen LogP contribution in [-0.2, 0) is 0 Å². The average molecular weight is 330 g/mol. The summed E-state index contributed by atoms with van der Waals surface area (Å²) in [5.74, 6) is 1.81. The summed E-state index contributed by atoms with van der Waals surface area (Å²) in [4.78, 5) is 14.3. The highest BCUT2D eigenvalue weighted by atomic mass is 15.3. The van der Waals surface area contributed by atoms with Gasteiger partial charge in [0.15, 0.2) is 5.82 Å². The first kappa shape index (κ1) is 15.8. The van der Waals surface area contributed by atoms with Crippen LogP contribution in [0.4, 0.5) is 5.82 Å². The van der Waals surface area contributed by atoms with E-state index in [1.807, 2.05) is 30.3 Å². The summed E-state index contributed by atoms with van der Waals surface area (Å²) < 4.78 is 0. The van der Waals surface area contributed by atoms with E-state index in [2.05, 4.69) is 53.3 Å². The van der Waals surface area contributed by atoms with Gasteiger partial charge in [-0.1, -0.05) is 48.5 Å². The van der Waals surface area contributed by atoms with Crippen molar-refractivity contribution in [2.45, 2.75) is 0 Å². The fraction of sp³-hybridized carbons (Fsp3) is 0.238. The summed E-state index contributed by atoms with van der Waals surface area (Å²) in [5, 5.41) is 1.13. The zero-order valence-corrected chi connectivity index (χ0v) is 14.5. The second-order valence-corrected chi connectivity index (χ2v) is 6.46. The molecule has 0 saturated carbocycles. The lowest BCUT2D eigenvalue weighted by Crippen LogP contribution is -2.45. The number of aromatic nitrogens is 2. The molecule has 0 bridgehead atoms. The first-order chi connectivity index (χ1) is 12.3. The van der Waals surface area contributed by atoms with Gasteiger partial charge in [-0.15, -0.1) is 0 Å². The zero-order chi connectivity index (χ0) is 17.1. The van der Waals surface area contributed by atoms with E-state index in [4.69, 9.17) is 9.97 Å². The maximum absolute atomic E-state index is 4.87. The Morgan fingerprint density at radius 1 is 0.800 bits per heavy atom. The first-order valence-corrected chi connectivity index (χ1v) is 8.73. The molecule has 0 radical (unpaired) electrons. The summed E-state index contributed by atoms with van der Waals surface area (Å²) >= 11 is 0. The molecule has 0 amide bonds. The Kier molecular flexibility index (Phi) is 4.44. The van der Waals surface area contributed by atoms with Crippen LogP contribution in [0.5, 0.6) is 0 Å². The van der Waals surface area contributed by atoms with Crippen molar-refractivity contribution in [3.63, 3.8) is 0 Å². The number of anilines is 1. The van der Waals surface area contributed by atoms with E-state index in [-0.39, 0.29) is 0 Å². The minimum atomic E-state index is 0.761. The van der Waals surface area contributed by atoms with Gasteiger partial charge < -0.3 is 9.80 Å². The number of benzene rings is 2. The molecule has 0 aliphatic carbocycles. The molecule has 1 aliphatic rings. The van der Waals surface area contributed by atoms with Gasteiger partial charge in [0.05, 0.1) is 5.52 Å². The molecule has 3 aromatic rings. The normalized spacial score (nSPS) is 16.0. The highest BCUT2D eigenvalue weighted by Gasteiger charge is 2.18. The number of piperazine rings is 1. The molecule has 4 nitrogen and oxygen atoms in total. The number of nitrogens with zero attached hydrogens (tertiary/aromatic N) is 4. The zero-order valence-electron chi connectivity index (χ0n) is 14.5. The molecule has 4 rings (SSSR count). The summed E-state index contributed by atoms with van der Waals surface area (Å²) in [5.41, 5.74) is 2.15. The van der Waals surface area contributed by atoms with Gasteiger partial charge >= 0.3 is 0 Å². The number of hydrogen-bond acceptors (Lipinski definition) is 4. The third-order valence-electron chi connectivity index (χ3n) is 4.63. The monoisotopic (exact) mass is 330 g/mol. The molecular formula is C21H22N4. The van der Waals surface area contributed by atoms with Gasteiger partial charge in [0.25, 0.3) is 0 Å². The predicted octanol–water partition coefficient (Wildman–Crippen LogP) is 3.55. The lowest BCUT2D eigenvalue weighted by atomic mass is 10.2. The van der Waals surface area contributed by atoms with Crippen molar-refractivity contribution in [2.75, 3.05) is 38.1 Å². The molecule has 25 heavy (non-hydrogen) atoms. The number of fused-ring (bicyclic) bond motifs is 1. The van der Waals surface area contributed by atoms with E-state index in [0.29, 0.717) is 0 Å². The van der Waals surface area contributed by atoms with Gasteiger partial charge in [0, 0.05) is 31.6 Å². The Bertz CT molecular complexity index is 881. The van der Waals surface area contributed by atoms with Crippen LogP contribution in [0.25, 0.3) is 23.1 Å². The maximum Gasteiger partial charge on any atom is 0.154 e. The van der Waals surface area contributed by atoms with Crippen molar-refractivity contribution in [1.82, 2.24) is 14.9 Å². The van der Waals surface area contributed by atoms with Crippen LogP contribution in [0.2, 0.25) is 0 Å². The van der Waals surface area contributed by atoms with E-state index >= 15 is 0 Å². The predicted molar refractivity (Wildman–Crippen MR) is 105 cm³/mol. The third kappa shape index (κ3) is 3.54. The minimum Gasteiger partial charge on any atom is -0.353 e. The average Bonchev–Trinajstić information content (AvgIpc) is 2.67. The van der Waals surface area contributed by atoms with E-state index in [1.54, 1.807) is 0 Å². The minimum absolute atomic E-state index is 0.761. The van der Waals surface area contributed by atoms with Gasteiger partial charge in [0.2, 0.25) is 0 Å². The molecular weight excluding hydrogens is 308 g/mol. The quantitative estimate of drug-likeness (QED) is 0.735. The van der Waals surface area contributed by atoms with Gasteiger partial charge in [-0.3, -0.25) is 0 Å². The van der Waals surface area contributed by atoms with Gasteiger partial charge in [-0.2, -0.15) is 0 Å². The molecule has 4 heteroatoms. The SMILES string of the molecule is CN1CCN(c2nc(/C=C\c3ccccc3)nc3ccccc23)CC1. The van der Waals surface area contributed by atoms with Crippen LogP contribution in [0.1, 0.15) is 11.4 Å². The Morgan fingerprint density at radius 3 is 2.32 bits per heavy atom. The number of likely N-dealkylation sites (N-methyl/N-ethyl adjacent to an activating group) is 1. The van der Waals surface area contributed by atoms with Crippen molar-refractivity contribution in [2.24, 2.45) is 0 Å². The molecule has 0 unspecified atom stereocenters. The first-order valence-electron chi connectivity index (χ1n) is 8.73. The van der Waals surface area contributed by atoms with Crippen molar-refractivity contribution >= 4 is 28.9 Å². The van der Waals surface area contributed by atoms with E-state index < -0.39 is 0 Å². The van der Waals surface area contributed by atoms with E-state index in [1.165, 1.54) is 0 Å². The Hall–Kier alpha value is -2.72. The van der Waals surface area contributed by atoms with Crippen LogP contribution in [0.15, 0.2) is 54.6 Å². The molecule has 0 spiro atoms. The molecule has 0 N–H and O–H groups in total. The van der Waals surface area contributed by atoms with Gasteiger partial charge in [0.1, 0.15) is 5.82 Å². The van der Waals surface area contributed by atoms with Crippen molar-refractivity contribution in [3.05, 3.63) is 66.0 Å². The fourth-order valence-electron chi connectivity index (χ4n) is 3.15. The molecule has 1 saturated heterocycles.